The molecule has 1 aromatic carbocycles. The predicted molar refractivity (Wildman–Crippen MR) is 103 cm³/mol. The molecule has 5 nitrogen and oxygen atoms in total. The molecule has 1 heterocycles. The Labute approximate surface area is 150 Å². The number of hydrogen-bond acceptors (Lipinski definition) is 4. The van der Waals surface area contributed by atoms with Crippen molar-refractivity contribution in [3.63, 3.8) is 0 Å². The first-order valence-electron chi connectivity index (χ1n) is 7.92. The molecule has 1 atom stereocenters. The van der Waals surface area contributed by atoms with Crippen molar-refractivity contribution in [1.82, 2.24) is 15.6 Å². The van der Waals surface area contributed by atoms with Crippen molar-refractivity contribution in [1.29, 1.82) is 0 Å². The van der Waals surface area contributed by atoms with Crippen LogP contribution in [0.5, 0.6) is 0 Å². The molecule has 2 aromatic rings. The Morgan fingerprint density at radius 1 is 1.25 bits per heavy atom. The zero-order valence-corrected chi connectivity index (χ0v) is 15.8. The number of aliphatic imine (C=N–C) groups is 1. The van der Waals surface area contributed by atoms with Crippen LogP contribution < -0.4 is 10.6 Å². The Hall–Kier alpha value is -1.73. The van der Waals surface area contributed by atoms with Gasteiger partial charge in [0.15, 0.2) is 5.96 Å². The van der Waals surface area contributed by atoms with E-state index in [4.69, 9.17) is 0 Å². The quantitative estimate of drug-likeness (QED) is 0.556. The van der Waals surface area contributed by atoms with E-state index in [2.05, 4.69) is 27.5 Å². The number of benzene rings is 1. The summed E-state index contributed by atoms with van der Waals surface area (Å²) in [4.78, 5) is 9.76. The number of hydrogen-bond donors (Lipinski definition) is 2. The molecule has 2 rings (SSSR count). The average molecular weight is 365 g/mol. The molecule has 0 radical (unpaired) electrons. The molecule has 0 amide bonds. The lowest BCUT2D eigenvalue weighted by atomic mass is 10.2. The summed E-state index contributed by atoms with van der Waals surface area (Å²) in [5.74, 6) is 1.93. The molecule has 2 N–H and O–H groups in total. The summed E-state index contributed by atoms with van der Waals surface area (Å²) in [5.41, 5.74) is 1.11. The number of nitrogens with one attached hydrogen (secondary N) is 2. The zero-order chi connectivity index (χ0) is 17.2. The van der Waals surface area contributed by atoms with Crippen molar-refractivity contribution in [3.05, 3.63) is 52.0 Å². The van der Waals surface area contributed by atoms with Crippen molar-refractivity contribution in [3.8, 4) is 0 Å². The molecular weight excluding hydrogens is 340 g/mol. The standard InChI is InChI=1S/C17H24N4OS2/c1-14-12-21-16(23-14)8-9-19-17(18-2)20-10-11-24(22)13-15-6-4-3-5-7-15/h3-7,12H,8-11,13H2,1-2H3,(H2,18,19,20). The fourth-order valence-electron chi connectivity index (χ4n) is 2.14. The van der Waals surface area contributed by atoms with E-state index in [1.54, 1.807) is 18.4 Å². The third-order valence-corrected chi connectivity index (χ3v) is 5.60. The van der Waals surface area contributed by atoms with Crippen LogP contribution in [0, 0.1) is 6.92 Å². The normalized spacial score (nSPS) is 12.8. The molecule has 0 saturated carbocycles. The van der Waals surface area contributed by atoms with Crippen LogP contribution in [0.3, 0.4) is 0 Å². The molecule has 0 fully saturated rings. The van der Waals surface area contributed by atoms with E-state index in [0.717, 1.165) is 29.5 Å². The molecule has 24 heavy (non-hydrogen) atoms. The van der Waals surface area contributed by atoms with E-state index < -0.39 is 10.8 Å². The Balaban J connectivity index is 1.63. The van der Waals surface area contributed by atoms with Gasteiger partial charge in [-0.2, -0.15) is 0 Å². The summed E-state index contributed by atoms with van der Waals surface area (Å²) in [5, 5.41) is 7.59. The lowest BCUT2D eigenvalue weighted by Gasteiger charge is -2.11. The maximum absolute atomic E-state index is 12.1. The minimum atomic E-state index is -0.876. The van der Waals surface area contributed by atoms with E-state index in [1.165, 1.54) is 4.88 Å². The predicted octanol–water partition coefficient (Wildman–Crippen LogP) is 2.11. The van der Waals surface area contributed by atoms with Crippen LogP contribution in [-0.2, 0) is 23.0 Å². The lowest BCUT2D eigenvalue weighted by Crippen LogP contribution is -2.40. The largest absolute Gasteiger partial charge is 0.356 e. The molecule has 7 heteroatoms. The second-order valence-corrected chi connectivity index (χ2v) is 8.21. The maximum Gasteiger partial charge on any atom is 0.191 e. The second-order valence-electron chi connectivity index (χ2n) is 5.31. The monoisotopic (exact) mass is 364 g/mol. The Morgan fingerprint density at radius 2 is 2.00 bits per heavy atom. The Kier molecular flexibility index (Phi) is 7.91. The summed E-state index contributed by atoms with van der Waals surface area (Å²) >= 11 is 1.72. The molecule has 0 spiro atoms. The lowest BCUT2D eigenvalue weighted by molar-refractivity contribution is 0.680. The molecule has 0 aliphatic carbocycles. The molecule has 130 valence electrons. The summed E-state index contributed by atoms with van der Waals surface area (Å²) in [7, 11) is 0.864. The van der Waals surface area contributed by atoms with Crippen LogP contribution in [0.4, 0.5) is 0 Å². The Bertz CT molecular complexity index is 670. The van der Waals surface area contributed by atoms with E-state index in [0.29, 0.717) is 18.1 Å². The topological polar surface area (TPSA) is 66.4 Å². The van der Waals surface area contributed by atoms with Gasteiger partial charge in [-0.3, -0.25) is 9.20 Å². The van der Waals surface area contributed by atoms with Crippen molar-refractivity contribution in [2.75, 3.05) is 25.9 Å². The van der Waals surface area contributed by atoms with E-state index in [1.807, 2.05) is 36.5 Å². The van der Waals surface area contributed by atoms with Gasteiger partial charge < -0.3 is 10.6 Å². The molecular formula is C17H24N4OS2. The SMILES string of the molecule is CN=C(NCCc1ncc(C)s1)NCCS(=O)Cc1ccccc1. The van der Waals surface area contributed by atoms with Crippen molar-refractivity contribution in [2.24, 2.45) is 4.99 Å². The van der Waals surface area contributed by atoms with Gasteiger partial charge in [0, 0.05) is 59.9 Å². The summed E-state index contributed by atoms with van der Waals surface area (Å²) in [6.45, 7) is 3.47. The highest BCUT2D eigenvalue weighted by Gasteiger charge is 2.04. The van der Waals surface area contributed by atoms with Crippen molar-refractivity contribution in [2.45, 2.75) is 19.1 Å². The van der Waals surface area contributed by atoms with Crippen LogP contribution in [-0.4, -0.2) is 41.0 Å². The Morgan fingerprint density at radius 3 is 2.67 bits per heavy atom. The third kappa shape index (κ3) is 6.80. The molecule has 1 unspecified atom stereocenters. The van der Waals surface area contributed by atoms with E-state index in [-0.39, 0.29) is 0 Å². The second kappa shape index (κ2) is 10.2. The van der Waals surface area contributed by atoms with Gasteiger partial charge in [-0.1, -0.05) is 30.3 Å². The summed E-state index contributed by atoms with van der Waals surface area (Å²) < 4.78 is 12.1. The van der Waals surface area contributed by atoms with Gasteiger partial charge in [-0.25, -0.2) is 4.98 Å². The number of thiazole rings is 1. The highest BCUT2D eigenvalue weighted by molar-refractivity contribution is 7.84. The first kappa shape index (κ1) is 18.6. The van der Waals surface area contributed by atoms with Crippen LogP contribution in [0.15, 0.2) is 41.5 Å². The number of guanidine groups is 1. The number of aryl methyl sites for hydroxylation is 1. The fourth-order valence-corrected chi connectivity index (χ4v) is 3.97. The van der Waals surface area contributed by atoms with Gasteiger partial charge in [-0.05, 0) is 12.5 Å². The zero-order valence-electron chi connectivity index (χ0n) is 14.1. The fraction of sp³-hybridized carbons (Fsp3) is 0.412. The summed E-state index contributed by atoms with van der Waals surface area (Å²) in [6, 6.07) is 9.93. The number of aromatic nitrogens is 1. The van der Waals surface area contributed by atoms with Gasteiger partial charge in [0.1, 0.15) is 0 Å². The van der Waals surface area contributed by atoms with Crippen molar-refractivity contribution >= 4 is 28.1 Å². The molecule has 0 saturated heterocycles. The molecule has 0 aliphatic heterocycles. The first-order valence-corrected chi connectivity index (χ1v) is 10.2. The summed E-state index contributed by atoms with van der Waals surface area (Å²) in [6.07, 6.45) is 2.77. The van der Waals surface area contributed by atoms with Crippen molar-refractivity contribution < 1.29 is 4.21 Å². The highest BCUT2D eigenvalue weighted by atomic mass is 32.2. The van der Waals surface area contributed by atoms with Crippen LogP contribution in [0.2, 0.25) is 0 Å². The van der Waals surface area contributed by atoms with E-state index >= 15 is 0 Å². The molecule has 1 aromatic heterocycles. The number of nitrogens with zero attached hydrogens (tertiary/aromatic N) is 2. The minimum Gasteiger partial charge on any atom is -0.356 e. The van der Waals surface area contributed by atoms with E-state index in [9.17, 15) is 4.21 Å². The average Bonchev–Trinajstić information content (AvgIpc) is 2.99. The first-order chi connectivity index (χ1) is 11.7. The smallest absolute Gasteiger partial charge is 0.191 e. The minimum absolute atomic E-state index is 0.595. The van der Waals surface area contributed by atoms with Crippen LogP contribution >= 0.6 is 11.3 Å². The molecule has 0 bridgehead atoms. The van der Waals surface area contributed by atoms with Gasteiger partial charge in [0.05, 0.1) is 5.01 Å². The highest BCUT2D eigenvalue weighted by Crippen LogP contribution is 2.10. The molecule has 0 aliphatic rings. The van der Waals surface area contributed by atoms with Gasteiger partial charge in [0.25, 0.3) is 0 Å². The van der Waals surface area contributed by atoms with Crippen LogP contribution in [0.25, 0.3) is 0 Å². The van der Waals surface area contributed by atoms with Crippen LogP contribution in [0.1, 0.15) is 15.4 Å². The van der Waals surface area contributed by atoms with Gasteiger partial charge >= 0.3 is 0 Å². The van der Waals surface area contributed by atoms with Gasteiger partial charge in [0.2, 0.25) is 0 Å². The van der Waals surface area contributed by atoms with Gasteiger partial charge in [-0.15, -0.1) is 11.3 Å². The third-order valence-electron chi connectivity index (χ3n) is 3.32. The maximum atomic E-state index is 12.1. The number of rotatable bonds is 8.